The van der Waals surface area contributed by atoms with Crippen LogP contribution in [0.2, 0.25) is 0 Å². The zero-order chi connectivity index (χ0) is 20.3. The molecule has 0 aromatic heterocycles. The van der Waals surface area contributed by atoms with Gasteiger partial charge in [-0.05, 0) is 62.1 Å². The van der Waals surface area contributed by atoms with E-state index in [9.17, 15) is 4.79 Å². The number of anilines is 1. The van der Waals surface area contributed by atoms with Crippen LogP contribution in [0.25, 0.3) is 0 Å². The van der Waals surface area contributed by atoms with Gasteiger partial charge in [0.05, 0.1) is 14.2 Å². The summed E-state index contributed by atoms with van der Waals surface area (Å²) in [5.74, 6) is 1.72. The highest BCUT2D eigenvalue weighted by atomic mass is 16.6. The molecule has 154 valence electrons. The van der Waals surface area contributed by atoms with Gasteiger partial charge in [0.1, 0.15) is 23.3 Å². The Morgan fingerprint density at radius 2 is 1.52 bits per heavy atom. The summed E-state index contributed by atoms with van der Waals surface area (Å²) < 4.78 is 16.6. The van der Waals surface area contributed by atoms with Crippen LogP contribution in [-0.4, -0.2) is 26.4 Å². The average molecular weight is 395 g/mol. The van der Waals surface area contributed by atoms with Gasteiger partial charge in [-0.2, -0.15) is 0 Å². The Balaban J connectivity index is 1.37. The van der Waals surface area contributed by atoms with Gasteiger partial charge in [0.25, 0.3) is 0 Å². The van der Waals surface area contributed by atoms with Crippen molar-refractivity contribution in [2.75, 3.05) is 19.5 Å². The van der Waals surface area contributed by atoms with E-state index in [4.69, 9.17) is 14.2 Å². The summed E-state index contributed by atoms with van der Waals surface area (Å²) >= 11 is 0. The molecule has 29 heavy (non-hydrogen) atoms. The van der Waals surface area contributed by atoms with Crippen LogP contribution in [0.1, 0.15) is 50.0 Å². The zero-order valence-corrected chi connectivity index (χ0v) is 17.1. The van der Waals surface area contributed by atoms with E-state index in [1.165, 1.54) is 5.56 Å². The number of hydrogen-bond donors (Lipinski definition) is 1. The molecule has 0 saturated heterocycles. The largest absolute Gasteiger partial charge is 0.494 e. The number of rotatable bonds is 5. The number of benzene rings is 2. The van der Waals surface area contributed by atoms with E-state index in [0.717, 1.165) is 38.5 Å². The third-order valence-electron chi connectivity index (χ3n) is 6.74. The van der Waals surface area contributed by atoms with Crippen molar-refractivity contribution in [3.63, 3.8) is 0 Å². The molecule has 1 amide bonds. The first-order valence-electron chi connectivity index (χ1n) is 10.4. The second kappa shape index (κ2) is 8.36. The summed E-state index contributed by atoms with van der Waals surface area (Å²) in [5, 5.41) is 2.83. The Bertz CT molecular complexity index is 821. The normalized spacial score (nSPS) is 25.7. The highest BCUT2D eigenvalue weighted by Gasteiger charge is 2.50. The van der Waals surface area contributed by atoms with Gasteiger partial charge in [-0.1, -0.05) is 36.4 Å². The quantitative estimate of drug-likeness (QED) is 0.699. The van der Waals surface area contributed by atoms with E-state index < -0.39 is 6.09 Å². The molecule has 2 aliphatic rings. The molecular formula is C24H29NO4. The van der Waals surface area contributed by atoms with Gasteiger partial charge < -0.3 is 14.2 Å². The summed E-state index contributed by atoms with van der Waals surface area (Å²) in [6.45, 7) is 0. The fraction of sp³-hybridized carbons (Fsp3) is 0.458. The molecule has 0 aliphatic heterocycles. The van der Waals surface area contributed by atoms with Crippen molar-refractivity contribution >= 4 is 11.8 Å². The van der Waals surface area contributed by atoms with E-state index in [1.807, 2.05) is 6.07 Å². The van der Waals surface area contributed by atoms with Crippen LogP contribution in [-0.2, 0) is 4.74 Å². The van der Waals surface area contributed by atoms with E-state index in [1.54, 1.807) is 26.4 Å². The minimum Gasteiger partial charge on any atom is -0.494 e. The first-order valence-corrected chi connectivity index (χ1v) is 10.4. The molecule has 5 heteroatoms. The molecule has 2 aromatic carbocycles. The van der Waals surface area contributed by atoms with Gasteiger partial charge in [0, 0.05) is 5.41 Å². The molecule has 2 saturated carbocycles. The van der Waals surface area contributed by atoms with Crippen molar-refractivity contribution in [1.82, 2.24) is 0 Å². The number of carbonyl (C=O) groups excluding carboxylic acids is 1. The van der Waals surface area contributed by atoms with Crippen LogP contribution in [0.3, 0.4) is 0 Å². The van der Waals surface area contributed by atoms with Gasteiger partial charge in [0.15, 0.2) is 0 Å². The third kappa shape index (κ3) is 3.91. The molecule has 1 atom stereocenters. The molecule has 2 aromatic rings. The highest BCUT2D eigenvalue weighted by Crippen LogP contribution is 2.55. The number of nitrogens with one attached hydrogen (secondary N) is 1. The van der Waals surface area contributed by atoms with Crippen molar-refractivity contribution in [2.45, 2.75) is 50.5 Å². The predicted octanol–water partition coefficient (Wildman–Crippen LogP) is 5.76. The first kappa shape index (κ1) is 19.6. The molecule has 5 nitrogen and oxygen atoms in total. The minimum atomic E-state index is -0.443. The van der Waals surface area contributed by atoms with Crippen LogP contribution < -0.4 is 14.8 Å². The van der Waals surface area contributed by atoms with Gasteiger partial charge in [-0.25, -0.2) is 4.79 Å². The molecule has 0 radical (unpaired) electrons. The van der Waals surface area contributed by atoms with Crippen molar-refractivity contribution < 1.29 is 19.0 Å². The number of amides is 1. The van der Waals surface area contributed by atoms with Crippen molar-refractivity contribution in [2.24, 2.45) is 5.41 Å². The zero-order valence-electron chi connectivity index (χ0n) is 17.1. The molecule has 1 unspecified atom stereocenters. The molecule has 0 bridgehead atoms. The number of methoxy groups -OCH3 is 2. The maximum absolute atomic E-state index is 12.6. The van der Waals surface area contributed by atoms with Gasteiger partial charge >= 0.3 is 6.09 Å². The standard InChI is InChI=1S/C24H29NO4/c1-27-19-9-6-10-20(28-2)22(19)25-23(26)29-21-13-16-24(21)14-11-18(12-15-24)17-7-4-3-5-8-17/h3-10,18,21H,11-16H2,1-2H3,(H,25,26). The Hall–Kier alpha value is -2.69. The Labute approximate surface area is 172 Å². The topological polar surface area (TPSA) is 56.8 Å². The monoisotopic (exact) mass is 395 g/mol. The lowest BCUT2D eigenvalue weighted by atomic mass is 9.56. The van der Waals surface area contributed by atoms with Crippen LogP contribution in [0, 0.1) is 5.41 Å². The van der Waals surface area contributed by atoms with E-state index in [0.29, 0.717) is 23.1 Å². The lowest BCUT2D eigenvalue weighted by Gasteiger charge is -2.52. The maximum atomic E-state index is 12.6. The third-order valence-corrected chi connectivity index (χ3v) is 6.74. The fourth-order valence-corrected chi connectivity index (χ4v) is 4.91. The highest BCUT2D eigenvalue weighted by molar-refractivity contribution is 5.89. The smallest absolute Gasteiger partial charge is 0.412 e. The average Bonchev–Trinajstić information content (AvgIpc) is 2.77. The summed E-state index contributed by atoms with van der Waals surface area (Å²) in [5.41, 5.74) is 2.08. The molecule has 0 heterocycles. The summed E-state index contributed by atoms with van der Waals surface area (Å²) in [7, 11) is 3.13. The lowest BCUT2D eigenvalue weighted by molar-refractivity contribution is -0.0915. The second-order valence-electron chi connectivity index (χ2n) is 8.14. The van der Waals surface area contributed by atoms with Crippen LogP contribution in [0.4, 0.5) is 10.5 Å². The summed E-state index contributed by atoms with van der Waals surface area (Å²) in [6.07, 6.45) is 6.17. The maximum Gasteiger partial charge on any atom is 0.412 e. The number of para-hydroxylation sites is 1. The Kier molecular flexibility index (Phi) is 5.65. The number of hydrogen-bond acceptors (Lipinski definition) is 4. The molecule has 2 aliphatic carbocycles. The molecule has 1 spiro atoms. The Morgan fingerprint density at radius 1 is 0.897 bits per heavy atom. The van der Waals surface area contributed by atoms with Crippen LogP contribution >= 0.6 is 0 Å². The molecule has 2 fully saturated rings. The molecular weight excluding hydrogens is 366 g/mol. The van der Waals surface area contributed by atoms with E-state index >= 15 is 0 Å². The summed E-state index contributed by atoms with van der Waals surface area (Å²) in [4.78, 5) is 12.6. The van der Waals surface area contributed by atoms with Crippen molar-refractivity contribution in [3.8, 4) is 11.5 Å². The van der Waals surface area contributed by atoms with Gasteiger partial charge in [-0.3, -0.25) is 5.32 Å². The SMILES string of the molecule is COc1cccc(OC)c1NC(=O)OC1CCC12CCC(c1ccccc1)CC2. The Morgan fingerprint density at radius 3 is 2.07 bits per heavy atom. The van der Waals surface area contributed by atoms with Gasteiger partial charge in [0.2, 0.25) is 0 Å². The van der Waals surface area contributed by atoms with E-state index in [-0.39, 0.29) is 11.5 Å². The van der Waals surface area contributed by atoms with Crippen molar-refractivity contribution in [1.29, 1.82) is 0 Å². The number of ether oxygens (including phenoxy) is 3. The number of carbonyl (C=O) groups is 1. The fourth-order valence-electron chi connectivity index (χ4n) is 4.91. The van der Waals surface area contributed by atoms with Crippen LogP contribution in [0.15, 0.2) is 48.5 Å². The van der Waals surface area contributed by atoms with Crippen molar-refractivity contribution in [3.05, 3.63) is 54.1 Å². The second-order valence-corrected chi connectivity index (χ2v) is 8.14. The van der Waals surface area contributed by atoms with Crippen LogP contribution in [0.5, 0.6) is 11.5 Å². The summed E-state index contributed by atoms with van der Waals surface area (Å²) in [6, 6.07) is 16.1. The first-order chi connectivity index (χ1) is 14.1. The predicted molar refractivity (Wildman–Crippen MR) is 113 cm³/mol. The minimum absolute atomic E-state index is 0.0140. The molecule has 4 rings (SSSR count). The molecule has 1 N–H and O–H groups in total. The lowest BCUT2D eigenvalue weighted by Crippen LogP contribution is -2.49. The van der Waals surface area contributed by atoms with E-state index in [2.05, 4.69) is 35.6 Å². The van der Waals surface area contributed by atoms with Gasteiger partial charge in [-0.15, -0.1) is 0 Å².